The smallest absolute Gasteiger partial charge is 0.0798 e. The van der Waals surface area contributed by atoms with Gasteiger partial charge in [0.05, 0.1) is 11.2 Å². The second-order valence-electron chi connectivity index (χ2n) is 4.05. The molecule has 1 heterocycles. The maximum absolute atomic E-state index is 6.21. The average molecular weight is 301 g/mol. The predicted octanol–water partition coefficient (Wildman–Crippen LogP) is 4.26. The molecule has 2 aromatic rings. The van der Waals surface area contributed by atoms with Crippen molar-refractivity contribution >= 4 is 34.5 Å². The Bertz CT molecular complexity index is 519. The first-order valence-corrected chi connectivity index (χ1v) is 7.27. The van der Waals surface area contributed by atoms with Crippen LogP contribution < -0.4 is 5.32 Å². The van der Waals surface area contributed by atoms with Crippen LogP contribution in [-0.4, -0.2) is 12.0 Å². The Balaban J connectivity index is 2.29. The van der Waals surface area contributed by atoms with Gasteiger partial charge in [0.15, 0.2) is 0 Å². The fourth-order valence-corrected chi connectivity index (χ4v) is 3.37. The molecule has 0 aliphatic carbocycles. The molecular weight excluding hydrogens is 287 g/mol. The van der Waals surface area contributed by atoms with Gasteiger partial charge in [0.1, 0.15) is 0 Å². The fraction of sp³-hybridized carbons (Fsp3) is 0.308. The van der Waals surface area contributed by atoms with Crippen molar-refractivity contribution in [3.8, 4) is 0 Å². The third kappa shape index (κ3) is 2.86. The van der Waals surface area contributed by atoms with Crippen LogP contribution in [0.5, 0.6) is 0 Å². The molecule has 0 saturated heterocycles. The largest absolute Gasteiger partial charge is 0.312 e. The molecule has 0 fully saturated rings. The molecule has 18 heavy (non-hydrogen) atoms. The number of halogens is 2. The first-order chi connectivity index (χ1) is 8.63. The Kier molecular flexibility index (Phi) is 4.62. The van der Waals surface area contributed by atoms with E-state index in [9.17, 15) is 0 Å². The van der Waals surface area contributed by atoms with E-state index in [1.165, 1.54) is 4.88 Å². The number of rotatable bonds is 4. The molecule has 0 spiro atoms. The van der Waals surface area contributed by atoms with E-state index in [4.69, 9.17) is 23.2 Å². The Labute approximate surface area is 121 Å². The zero-order valence-electron chi connectivity index (χ0n) is 10.2. The van der Waals surface area contributed by atoms with Crippen LogP contribution in [0.2, 0.25) is 10.0 Å². The third-order valence-corrected chi connectivity index (χ3v) is 4.67. The Morgan fingerprint density at radius 2 is 2.00 bits per heavy atom. The summed E-state index contributed by atoms with van der Waals surface area (Å²) in [6, 6.07) is 5.79. The van der Waals surface area contributed by atoms with E-state index in [0.717, 1.165) is 17.7 Å². The van der Waals surface area contributed by atoms with Crippen LogP contribution in [0.25, 0.3) is 0 Å². The van der Waals surface area contributed by atoms with Crippen LogP contribution in [0.3, 0.4) is 0 Å². The number of thiazole rings is 1. The second kappa shape index (κ2) is 6.02. The Morgan fingerprint density at radius 3 is 2.50 bits per heavy atom. The first-order valence-electron chi connectivity index (χ1n) is 5.63. The Morgan fingerprint density at radius 1 is 1.33 bits per heavy atom. The van der Waals surface area contributed by atoms with Crippen molar-refractivity contribution in [1.82, 2.24) is 10.3 Å². The van der Waals surface area contributed by atoms with Gasteiger partial charge in [0.25, 0.3) is 0 Å². The van der Waals surface area contributed by atoms with Crippen molar-refractivity contribution < 1.29 is 0 Å². The van der Waals surface area contributed by atoms with E-state index in [2.05, 4.69) is 10.3 Å². The van der Waals surface area contributed by atoms with Crippen molar-refractivity contribution in [2.24, 2.45) is 0 Å². The highest BCUT2D eigenvalue weighted by atomic mass is 35.5. The minimum atomic E-state index is 0.190. The summed E-state index contributed by atoms with van der Waals surface area (Å²) in [4.78, 5) is 5.51. The monoisotopic (exact) mass is 300 g/mol. The van der Waals surface area contributed by atoms with E-state index in [0.29, 0.717) is 10.0 Å². The predicted molar refractivity (Wildman–Crippen MR) is 78.8 cm³/mol. The molecule has 5 heteroatoms. The van der Waals surface area contributed by atoms with E-state index in [1.54, 1.807) is 11.3 Å². The third-order valence-electron chi connectivity index (χ3n) is 2.92. The molecule has 0 bridgehead atoms. The number of hydrogen-bond acceptors (Lipinski definition) is 3. The summed E-state index contributed by atoms with van der Waals surface area (Å²) in [5.41, 5.74) is 3.90. The van der Waals surface area contributed by atoms with Gasteiger partial charge >= 0.3 is 0 Å². The first kappa shape index (κ1) is 13.8. The number of nitrogens with zero attached hydrogens (tertiary/aromatic N) is 1. The topological polar surface area (TPSA) is 24.9 Å². The number of aromatic nitrogens is 1. The molecule has 1 aromatic heterocycles. The molecule has 0 aliphatic heterocycles. The van der Waals surface area contributed by atoms with Crippen LogP contribution in [0.15, 0.2) is 23.7 Å². The van der Waals surface area contributed by atoms with E-state index in [-0.39, 0.29) is 6.04 Å². The summed E-state index contributed by atoms with van der Waals surface area (Å²) < 4.78 is 0. The van der Waals surface area contributed by atoms with Gasteiger partial charge in [-0.3, -0.25) is 0 Å². The molecule has 2 nitrogen and oxygen atoms in total. The SMILES string of the molecule is CNC(Cc1c(Cl)cccc1Cl)c1scnc1C. The summed E-state index contributed by atoms with van der Waals surface area (Å²) in [5.74, 6) is 0. The molecule has 0 saturated carbocycles. The number of hydrogen-bond donors (Lipinski definition) is 1. The fourth-order valence-electron chi connectivity index (χ4n) is 1.90. The van der Waals surface area contributed by atoms with Gasteiger partial charge < -0.3 is 5.32 Å². The molecule has 0 radical (unpaired) electrons. The van der Waals surface area contributed by atoms with Crippen molar-refractivity contribution in [3.05, 3.63) is 49.9 Å². The summed E-state index contributed by atoms with van der Waals surface area (Å²) in [7, 11) is 1.94. The van der Waals surface area contributed by atoms with Gasteiger partial charge in [-0.05, 0) is 38.1 Å². The minimum absolute atomic E-state index is 0.190. The van der Waals surface area contributed by atoms with Crippen LogP contribution in [0.1, 0.15) is 22.2 Å². The van der Waals surface area contributed by atoms with Crippen molar-refractivity contribution in [3.63, 3.8) is 0 Å². The normalized spacial score (nSPS) is 12.7. The second-order valence-corrected chi connectivity index (χ2v) is 5.75. The van der Waals surface area contributed by atoms with Gasteiger partial charge in [-0.1, -0.05) is 29.3 Å². The van der Waals surface area contributed by atoms with Gasteiger partial charge in [-0.15, -0.1) is 11.3 Å². The van der Waals surface area contributed by atoms with Gasteiger partial charge in [-0.25, -0.2) is 4.98 Å². The van der Waals surface area contributed by atoms with Gasteiger partial charge in [0, 0.05) is 21.0 Å². The molecular formula is C13H14Cl2N2S. The summed E-state index contributed by atoms with van der Waals surface area (Å²) >= 11 is 14.1. The van der Waals surface area contributed by atoms with E-state index < -0.39 is 0 Å². The highest BCUT2D eigenvalue weighted by Crippen LogP contribution is 2.31. The molecule has 96 valence electrons. The van der Waals surface area contributed by atoms with E-state index in [1.807, 2.05) is 37.7 Å². The van der Waals surface area contributed by atoms with Crippen LogP contribution in [0.4, 0.5) is 0 Å². The number of nitrogens with one attached hydrogen (secondary N) is 1. The standard InChI is InChI=1S/C13H14Cl2N2S/c1-8-13(18-7-17-8)12(16-2)6-9-10(14)4-3-5-11(9)15/h3-5,7,12,16H,6H2,1-2H3. The van der Waals surface area contributed by atoms with Crippen LogP contribution >= 0.6 is 34.5 Å². The number of aryl methyl sites for hydroxylation is 1. The van der Waals surface area contributed by atoms with Crippen LogP contribution in [0, 0.1) is 6.92 Å². The van der Waals surface area contributed by atoms with Crippen LogP contribution in [-0.2, 0) is 6.42 Å². The lowest BCUT2D eigenvalue weighted by Crippen LogP contribution is -2.19. The highest BCUT2D eigenvalue weighted by Gasteiger charge is 2.17. The molecule has 1 unspecified atom stereocenters. The molecule has 1 atom stereocenters. The quantitative estimate of drug-likeness (QED) is 0.912. The van der Waals surface area contributed by atoms with Gasteiger partial charge in [0.2, 0.25) is 0 Å². The van der Waals surface area contributed by atoms with Crippen molar-refractivity contribution in [2.75, 3.05) is 7.05 Å². The van der Waals surface area contributed by atoms with Crippen molar-refractivity contribution in [2.45, 2.75) is 19.4 Å². The molecule has 0 aliphatic rings. The average Bonchev–Trinajstić information content (AvgIpc) is 2.76. The highest BCUT2D eigenvalue weighted by molar-refractivity contribution is 7.09. The summed E-state index contributed by atoms with van der Waals surface area (Å²) in [5, 5.41) is 4.73. The lowest BCUT2D eigenvalue weighted by Gasteiger charge is -2.17. The minimum Gasteiger partial charge on any atom is -0.312 e. The Hall–Kier alpha value is -0.610. The molecule has 0 amide bonds. The zero-order valence-corrected chi connectivity index (χ0v) is 12.5. The van der Waals surface area contributed by atoms with Gasteiger partial charge in [-0.2, -0.15) is 0 Å². The summed E-state index contributed by atoms with van der Waals surface area (Å²) in [6.45, 7) is 2.02. The van der Waals surface area contributed by atoms with E-state index >= 15 is 0 Å². The zero-order chi connectivity index (χ0) is 13.1. The molecule has 2 rings (SSSR count). The molecule has 1 aromatic carbocycles. The van der Waals surface area contributed by atoms with Crippen molar-refractivity contribution in [1.29, 1.82) is 0 Å². The lowest BCUT2D eigenvalue weighted by molar-refractivity contribution is 0.598. The number of benzene rings is 1. The number of likely N-dealkylation sites (N-methyl/N-ethyl adjacent to an activating group) is 1. The maximum atomic E-state index is 6.21. The molecule has 1 N–H and O–H groups in total. The lowest BCUT2D eigenvalue weighted by atomic mass is 10.0. The summed E-state index contributed by atoms with van der Waals surface area (Å²) in [6.07, 6.45) is 0.762. The maximum Gasteiger partial charge on any atom is 0.0798 e.